The minimum absolute atomic E-state index is 0.160. The summed E-state index contributed by atoms with van der Waals surface area (Å²) in [5.74, 6) is 0. The van der Waals surface area contributed by atoms with Gasteiger partial charge in [0.2, 0.25) is 0 Å². The van der Waals surface area contributed by atoms with E-state index in [0.29, 0.717) is 0 Å². The van der Waals surface area contributed by atoms with E-state index in [2.05, 4.69) is 78.3 Å². The topological polar surface area (TPSA) is 30.5 Å². The number of aryl methyl sites for hydroxylation is 1. The molecule has 7 rings (SSSR count). The highest BCUT2D eigenvalue weighted by Crippen LogP contribution is 2.42. The van der Waals surface area contributed by atoms with E-state index in [1.165, 1.54) is 43.1 Å². The summed E-state index contributed by atoms with van der Waals surface area (Å²) in [6.07, 6.45) is 10.0. The van der Waals surface area contributed by atoms with Crippen molar-refractivity contribution in [3.63, 3.8) is 0 Å². The van der Waals surface area contributed by atoms with Crippen LogP contribution in [-0.2, 0) is 28.8 Å². The van der Waals surface area contributed by atoms with Crippen molar-refractivity contribution in [2.24, 2.45) is 0 Å². The Balaban J connectivity index is 1.11. The summed E-state index contributed by atoms with van der Waals surface area (Å²) in [5.41, 5.74) is 15.6. The van der Waals surface area contributed by atoms with Crippen LogP contribution in [0, 0.1) is 0 Å². The number of hydrogen-bond donors (Lipinski definition) is 1. The second-order valence-corrected chi connectivity index (χ2v) is 11.3. The first-order chi connectivity index (χ1) is 18.3. The van der Waals surface area contributed by atoms with Gasteiger partial charge in [0.15, 0.2) is 6.29 Å². The fraction of sp³-hybridized carbons (Fsp3) is 0.273. The van der Waals surface area contributed by atoms with Gasteiger partial charge in [-0.2, -0.15) is 0 Å². The molecule has 1 fully saturated rings. The molecule has 2 heterocycles. The molecule has 1 unspecified atom stereocenters. The van der Waals surface area contributed by atoms with Gasteiger partial charge < -0.3 is 4.74 Å². The maximum absolute atomic E-state index is 5.77. The summed E-state index contributed by atoms with van der Waals surface area (Å²) in [4.78, 5) is 8.42. The highest BCUT2D eigenvalue weighted by Gasteiger charge is 2.23. The summed E-state index contributed by atoms with van der Waals surface area (Å²) >= 11 is 1.88. The number of fused-ring (bicyclic) bond motifs is 5. The van der Waals surface area contributed by atoms with E-state index in [-0.39, 0.29) is 6.29 Å². The molecule has 1 saturated heterocycles. The molecule has 4 heteroatoms. The SMILES string of the molecule is C1=C(c2ccc(-c3cccc(NOC4CCCCO4)c3)s2)CCc2c1ccc1c2CCc2ccccc2-1. The molecule has 0 bridgehead atoms. The van der Waals surface area contributed by atoms with Crippen molar-refractivity contribution in [1.29, 1.82) is 0 Å². The van der Waals surface area contributed by atoms with E-state index in [0.717, 1.165) is 57.2 Å². The smallest absolute Gasteiger partial charge is 0.183 e. The Hall–Kier alpha value is -3.18. The van der Waals surface area contributed by atoms with E-state index in [4.69, 9.17) is 9.57 Å². The van der Waals surface area contributed by atoms with E-state index in [1.54, 1.807) is 11.1 Å². The van der Waals surface area contributed by atoms with E-state index >= 15 is 0 Å². The molecule has 1 atom stereocenters. The van der Waals surface area contributed by atoms with Crippen LogP contribution in [0.3, 0.4) is 0 Å². The number of benzene rings is 3. The molecule has 0 spiro atoms. The lowest BCUT2D eigenvalue weighted by atomic mass is 9.78. The van der Waals surface area contributed by atoms with Gasteiger partial charge in [0.25, 0.3) is 0 Å². The number of thiophene rings is 1. The van der Waals surface area contributed by atoms with Crippen LogP contribution in [0.5, 0.6) is 0 Å². The van der Waals surface area contributed by atoms with Crippen LogP contribution in [0.2, 0.25) is 0 Å². The Morgan fingerprint density at radius 2 is 1.70 bits per heavy atom. The standard InChI is InChI=1S/C33H31NO2S/c1-2-9-27-22(6-1)11-15-30-28-14-13-25(20-23(28)12-16-29(27)30)32-18-17-31(37-32)24-7-5-8-26(21-24)34-36-33-10-3-4-19-35-33/h1-2,5-9,12,16-18,20-21,33-34H,3-4,10-11,13-15,19H2. The highest BCUT2D eigenvalue weighted by molar-refractivity contribution is 7.16. The van der Waals surface area contributed by atoms with E-state index < -0.39 is 0 Å². The van der Waals surface area contributed by atoms with Crippen molar-refractivity contribution < 1.29 is 9.57 Å². The fourth-order valence-electron chi connectivity index (χ4n) is 5.99. The van der Waals surface area contributed by atoms with Gasteiger partial charge in [0, 0.05) is 22.8 Å². The van der Waals surface area contributed by atoms with Crippen molar-refractivity contribution in [1.82, 2.24) is 0 Å². The number of ether oxygens (including phenoxy) is 1. The fourth-order valence-corrected chi connectivity index (χ4v) is 7.04. The normalized spacial score (nSPS) is 18.4. The lowest BCUT2D eigenvalue weighted by Crippen LogP contribution is -2.24. The Morgan fingerprint density at radius 3 is 2.65 bits per heavy atom. The molecule has 3 aromatic carbocycles. The van der Waals surface area contributed by atoms with Gasteiger partial charge in [-0.15, -0.1) is 11.3 Å². The van der Waals surface area contributed by atoms with Crippen LogP contribution in [0.15, 0.2) is 72.8 Å². The predicted octanol–water partition coefficient (Wildman–Crippen LogP) is 8.54. The number of allylic oxidation sites excluding steroid dienone is 1. The maximum atomic E-state index is 5.77. The second-order valence-electron chi connectivity index (χ2n) is 10.2. The molecule has 3 nitrogen and oxygen atoms in total. The molecule has 1 aliphatic heterocycles. The molecule has 4 aromatic rings. The molecule has 37 heavy (non-hydrogen) atoms. The molecule has 1 aromatic heterocycles. The monoisotopic (exact) mass is 505 g/mol. The number of hydrogen-bond acceptors (Lipinski definition) is 4. The number of nitrogens with one attached hydrogen (secondary N) is 1. The van der Waals surface area contributed by atoms with Gasteiger partial charge >= 0.3 is 0 Å². The summed E-state index contributed by atoms with van der Waals surface area (Å²) in [5, 5.41) is 0. The van der Waals surface area contributed by atoms with Crippen LogP contribution in [0.4, 0.5) is 5.69 Å². The number of anilines is 1. The van der Waals surface area contributed by atoms with Gasteiger partial charge in [-0.3, -0.25) is 5.48 Å². The van der Waals surface area contributed by atoms with Gasteiger partial charge in [0.05, 0.1) is 5.69 Å². The minimum atomic E-state index is -0.160. The van der Waals surface area contributed by atoms with Crippen molar-refractivity contribution >= 4 is 28.7 Å². The lowest BCUT2D eigenvalue weighted by molar-refractivity contribution is -0.145. The first-order valence-electron chi connectivity index (χ1n) is 13.5. The molecule has 0 radical (unpaired) electrons. The Morgan fingerprint density at radius 1 is 0.784 bits per heavy atom. The molecule has 186 valence electrons. The minimum Gasteiger partial charge on any atom is -0.350 e. The summed E-state index contributed by atoms with van der Waals surface area (Å²) in [6.45, 7) is 0.779. The van der Waals surface area contributed by atoms with E-state index in [9.17, 15) is 0 Å². The Kier molecular flexibility index (Phi) is 6.17. The summed E-state index contributed by atoms with van der Waals surface area (Å²) in [7, 11) is 0. The van der Waals surface area contributed by atoms with Crippen molar-refractivity contribution in [3.8, 4) is 21.6 Å². The third kappa shape index (κ3) is 4.54. The third-order valence-electron chi connectivity index (χ3n) is 7.91. The first kappa shape index (κ1) is 23.0. The molecule has 0 saturated carbocycles. The van der Waals surface area contributed by atoms with Crippen LogP contribution in [-0.4, -0.2) is 12.9 Å². The average molecular weight is 506 g/mol. The Bertz CT molecular complexity index is 1480. The molecular weight excluding hydrogens is 474 g/mol. The maximum Gasteiger partial charge on any atom is 0.183 e. The highest BCUT2D eigenvalue weighted by atomic mass is 32.1. The van der Waals surface area contributed by atoms with Gasteiger partial charge in [-0.1, -0.05) is 54.6 Å². The van der Waals surface area contributed by atoms with Gasteiger partial charge in [0.1, 0.15) is 0 Å². The van der Waals surface area contributed by atoms with Crippen molar-refractivity contribution in [2.45, 2.75) is 51.2 Å². The molecular formula is C33H31NO2S. The van der Waals surface area contributed by atoms with Crippen LogP contribution >= 0.6 is 11.3 Å². The second kappa shape index (κ2) is 9.94. The number of rotatable bonds is 5. The molecule has 2 aliphatic carbocycles. The van der Waals surface area contributed by atoms with Crippen molar-refractivity contribution in [2.75, 3.05) is 12.1 Å². The lowest BCUT2D eigenvalue weighted by Gasteiger charge is -2.26. The van der Waals surface area contributed by atoms with Crippen LogP contribution in [0.25, 0.3) is 33.2 Å². The zero-order valence-corrected chi connectivity index (χ0v) is 21.8. The van der Waals surface area contributed by atoms with Crippen LogP contribution < -0.4 is 5.48 Å². The summed E-state index contributed by atoms with van der Waals surface area (Å²) < 4.78 is 5.67. The van der Waals surface area contributed by atoms with Crippen LogP contribution in [0.1, 0.15) is 52.8 Å². The summed E-state index contributed by atoms with van der Waals surface area (Å²) in [6, 6.07) is 26.6. The first-order valence-corrected chi connectivity index (χ1v) is 14.3. The zero-order chi connectivity index (χ0) is 24.6. The zero-order valence-electron chi connectivity index (χ0n) is 21.0. The molecule has 1 N–H and O–H groups in total. The van der Waals surface area contributed by atoms with Crippen molar-refractivity contribution in [3.05, 3.63) is 99.9 Å². The average Bonchev–Trinajstić information content (AvgIpc) is 3.47. The largest absolute Gasteiger partial charge is 0.350 e. The van der Waals surface area contributed by atoms with Gasteiger partial charge in [-0.05, 0) is 107 Å². The van der Waals surface area contributed by atoms with Gasteiger partial charge in [-0.25, -0.2) is 4.84 Å². The molecule has 0 amide bonds. The Labute approximate surface area is 222 Å². The third-order valence-corrected chi connectivity index (χ3v) is 9.12. The van der Waals surface area contributed by atoms with E-state index in [1.807, 2.05) is 17.4 Å². The predicted molar refractivity (Wildman–Crippen MR) is 154 cm³/mol. The molecule has 3 aliphatic rings. The quantitative estimate of drug-likeness (QED) is 0.276.